The molecule has 0 saturated heterocycles. The Balaban J connectivity index is 0.00000243. The van der Waals surface area contributed by atoms with Gasteiger partial charge in [-0.05, 0) is 43.0 Å². The Labute approximate surface area is 170 Å². The summed E-state index contributed by atoms with van der Waals surface area (Å²) in [5.41, 5.74) is 3.50. The van der Waals surface area contributed by atoms with E-state index in [0.29, 0.717) is 0 Å². The summed E-state index contributed by atoms with van der Waals surface area (Å²) in [7, 11) is 1.77. The number of fused-ring (bicyclic) bond motifs is 1. The van der Waals surface area contributed by atoms with Crippen molar-refractivity contribution in [2.75, 3.05) is 33.4 Å². The maximum Gasteiger partial charge on any atom is 0.190 e. The molecule has 0 amide bonds. The minimum absolute atomic E-state index is 0. The van der Waals surface area contributed by atoms with Crippen LogP contribution in [-0.4, -0.2) is 44.3 Å². The van der Waals surface area contributed by atoms with Crippen molar-refractivity contribution < 1.29 is 9.13 Å². The predicted molar refractivity (Wildman–Crippen MR) is 115 cm³/mol. The first kappa shape index (κ1) is 20.7. The summed E-state index contributed by atoms with van der Waals surface area (Å²) in [6.07, 6.45) is 6.93. The first-order chi connectivity index (χ1) is 12.3. The number of hydrogen-bond acceptors (Lipinski definition) is 2. The summed E-state index contributed by atoms with van der Waals surface area (Å²) in [4.78, 5) is 7.43. The quantitative estimate of drug-likeness (QED) is 0.262. The molecule has 1 aliphatic heterocycles. The van der Waals surface area contributed by atoms with E-state index < -0.39 is 0 Å². The maximum absolute atomic E-state index is 13.4. The highest BCUT2D eigenvalue weighted by atomic mass is 127. The third-order valence-electron chi connectivity index (χ3n) is 4.44. The van der Waals surface area contributed by atoms with Gasteiger partial charge in [0.25, 0.3) is 0 Å². The molecule has 2 aromatic rings. The van der Waals surface area contributed by atoms with Crippen LogP contribution in [-0.2, 0) is 11.2 Å². The Morgan fingerprint density at radius 1 is 1.27 bits per heavy atom. The molecule has 0 spiro atoms. The van der Waals surface area contributed by atoms with E-state index in [-0.39, 0.29) is 29.8 Å². The Hall–Kier alpha value is -1.61. The second kappa shape index (κ2) is 10.5. The van der Waals surface area contributed by atoms with Crippen molar-refractivity contribution in [3.63, 3.8) is 0 Å². The Bertz CT molecular complexity index is 772. The molecule has 142 valence electrons. The molecule has 0 radical (unpaired) electrons. The average molecular weight is 472 g/mol. The molecule has 3 rings (SSSR count). The van der Waals surface area contributed by atoms with Gasteiger partial charge in [-0.25, -0.2) is 4.39 Å². The number of nitrogens with one attached hydrogen (secondary N) is 3. The zero-order chi connectivity index (χ0) is 17.5. The lowest BCUT2D eigenvalue weighted by atomic mass is 10.1. The third-order valence-corrected chi connectivity index (χ3v) is 4.44. The van der Waals surface area contributed by atoms with Crippen LogP contribution in [0.25, 0.3) is 10.9 Å². The molecule has 0 saturated carbocycles. The van der Waals surface area contributed by atoms with E-state index in [1.54, 1.807) is 19.2 Å². The van der Waals surface area contributed by atoms with Crippen molar-refractivity contribution in [2.45, 2.75) is 19.3 Å². The van der Waals surface area contributed by atoms with Crippen LogP contribution in [0.1, 0.15) is 18.4 Å². The normalized spacial score (nSPS) is 14.7. The molecule has 1 aromatic carbocycles. The lowest BCUT2D eigenvalue weighted by molar-refractivity contribution is 0.153. The van der Waals surface area contributed by atoms with Crippen LogP contribution in [0.5, 0.6) is 0 Å². The van der Waals surface area contributed by atoms with Crippen molar-refractivity contribution in [1.82, 2.24) is 15.6 Å². The zero-order valence-corrected chi connectivity index (χ0v) is 17.3. The largest absolute Gasteiger partial charge is 0.377 e. The second-order valence-corrected chi connectivity index (χ2v) is 6.12. The molecule has 7 heteroatoms. The maximum atomic E-state index is 13.4. The van der Waals surface area contributed by atoms with Crippen molar-refractivity contribution in [3.8, 4) is 0 Å². The minimum atomic E-state index is -0.207. The van der Waals surface area contributed by atoms with Gasteiger partial charge in [-0.3, -0.25) is 4.99 Å². The lowest BCUT2D eigenvalue weighted by Gasteiger charge is -2.15. The highest BCUT2D eigenvalue weighted by molar-refractivity contribution is 14.0. The first-order valence-electron chi connectivity index (χ1n) is 8.72. The zero-order valence-electron chi connectivity index (χ0n) is 15.0. The van der Waals surface area contributed by atoms with E-state index in [1.807, 2.05) is 6.20 Å². The van der Waals surface area contributed by atoms with Crippen molar-refractivity contribution in [3.05, 3.63) is 47.4 Å². The molecule has 3 N–H and O–H groups in total. The van der Waals surface area contributed by atoms with Crippen LogP contribution in [0.2, 0.25) is 0 Å². The average Bonchev–Trinajstić information content (AvgIpc) is 3.03. The fourth-order valence-electron chi connectivity index (χ4n) is 3.03. The monoisotopic (exact) mass is 472 g/mol. The molecule has 26 heavy (non-hydrogen) atoms. The second-order valence-electron chi connectivity index (χ2n) is 6.12. The number of nitrogens with zero attached hydrogens (tertiary/aromatic N) is 1. The van der Waals surface area contributed by atoms with Gasteiger partial charge in [0.05, 0.1) is 13.2 Å². The SMILES string of the molecule is CN=C(NCCC1=CCOCC1)NCCc1c[nH]c2ccc(F)cc12.I. The van der Waals surface area contributed by atoms with E-state index in [0.717, 1.165) is 68.0 Å². The third kappa shape index (κ3) is 5.70. The van der Waals surface area contributed by atoms with Gasteiger partial charge in [0, 0.05) is 37.2 Å². The van der Waals surface area contributed by atoms with Gasteiger partial charge in [-0.2, -0.15) is 0 Å². The number of ether oxygens (including phenoxy) is 1. The van der Waals surface area contributed by atoms with E-state index >= 15 is 0 Å². The minimum Gasteiger partial charge on any atom is -0.377 e. The molecule has 2 heterocycles. The summed E-state index contributed by atoms with van der Waals surface area (Å²) in [5.74, 6) is 0.583. The molecular weight excluding hydrogens is 446 g/mol. The predicted octanol–water partition coefficient (Wildman–Crippen LogP) is 3.37. The van der Waals surface area contributed by atoms with Crippen LogP contribution in [0.3, 0.4) is 0 Å². The highest BCUT2D eigenvalue weighted by Crippen LogP contribution is 2.19. The number of hydrogen-bond donors (Lipinski definition) is 3. The number of aromatic amines is 1. The lowest BCUT2D eigenvalue weighted by Crippen LogP contribution is -2.38. The molecule has 1 aliphatic rings. The molecule has 1 aromatic heterocycles. The van der Waals surface area contributed by atoms with Crippen LogP contribution >= 0.6 is 24.0 Å². The topological polar surface area (TPSA) is 61.4 Å². The smallest absolute Gasteiger partial charge is 0.190 e. The summed E-state index contributed by atoms with van der Waals surface area (Å²) in [6, 6.07) is 4.82. The Kier molecular flexibility index (Phi) is 8.37. The number of benzene rings is 1. The number of aromatic nitrogens is 1. The number of halogens is 2. The van der Waals surface area contributed by atoms with E-state index in [2.05, 4.69) is 26.7 Å². The number of H-pyrrole nitrogens is 1. The van der Waals surface area contributed by atoms with Crippen LogP contribution < -0.4 is 10.6 Å². The molecule has 0 aliphatic carbocycles. The molecule has 0 bridgehead atoms. The molecule has 0 unspecified atom stereocenters. The van der Waals surface area contributed by atoms with Gasteiger partial charge < -0.3 is 20.4 Å². The highest BCUT2D eigenvalue weighted by Gasteiger charge is 2.06. The Morgan fingerprint density at radius 2 is 2.08 bits per heavy atom. The van der Waals surface area contributed by atoms with Gasteiger partial charge in [-0.15, -0.1) is 24.0 Å². The van der Waals surface area contributed by atoms with Crippen molar-refractivity contribution in [1.29, 1.82) is 0 Å². The van der Waals surface area contributed by atoms with E-state index in [9.17, 15) is 4.39 Å². The van der Waals surface area contributed by atoms with E-state index in [4.69, 9.17) is 4.74 Å². The van der Waals surface area contributed by atoms with Crippen LogP contribution in [0.4, 0.5) is 4.39 Å². The van der Waals surface area contributed by atoms with Crippen LogP contribution in [0.15, 0.2) is 41.0 Å². The standard InChI is InChI=1S/C19H25FN4O.HI/c1-21-19(22-8-4-14-6-10-25-11-7-14)23-9-5-15-13-24-18-3-2-16(20)12-17(15)18;/h2-3,6,12-13,24H,4-5,7-11H2,1H3,(H2,21,22,23);1H. The summed E-state index contributed by atoms with van der Waals surface area (Å²) in [6.45, 7) is 3.14. The molecular formula is C19H26FIN4O. The number of rotatable bonds is 6. The molecule has 0 atom stereocenters. The van der Waals surface area contributed by atoms with Gasteiger partial charge in [0.15, 0.2) is 5.96 Å². The first-order valence-corrected chi connectivity index (χ1v) is 8.72. The summed E-state index contributed by atoms with van der Waals surface area (Å²) in [5, 5.41) is 7.59. The summed E-state index contributed by atoms with van der Waals surface area (Å²) >= 11 is 0. The van der Waals surface area contributed by atoms with Gasteiger partial charge in [-0.1, -0.05) is 11.6 Å². The van der Waals surface area contributed by atoms with Gasteiger partial charge >= 0.3 is 0 Å². The van der Waals surface area contributed by atoms with Crippen molar-refractivity contribution >= 4 is 40.8 Å². The Morgan fingerprint density at radius 3 is 2.81 bits per heavy atom. The number of aliphatic imine (C=N–C) groups is 1. The van der Waals surface area contributed by atoms with Crippen molar-refractivity contribution in [2.24, 2.45) is 4.99 Å². The fraction of sp³-hybridized carbons (Fsp3) is 0.421. The van der Waals surface area contributed by atoms with E-state index in [1.165, 1.54) is 11.6 Å². The number of guanidine groups is 1. The van der Waals surface area contributed by atoms with Gasteiger partial charge in [0.1, 0.15) is 5.82 Å². The summed E-state index contributed by atoms with van der Waals surface area (Å²) < 4.78 is 18.7. The molecule has 5 nitrogen and oxygen atoms in total. The molecule has 0 fully saturated rings. The van der Waals surface area contributed by atoms with Crippen LogP contribution in [0, 0.1) is 5.82 Å². The van der Waals surface area contributed by atoms with Gasteiger partial charge in [0.2, 0.25) is 0 Å². The fourth-order valence-corrected chi connectivity index (χ4v) is 3.03.